The first kappa shape index (κ1) is 33.9. The van der Waals surface area contributed by atoms with Crippen LogP contribution in [0.3, 0.4) is 0 Å². The Morgan fingerprint density at radius 3 is 1.98 bits per heavy atom. The van der Waals surface area contributed by atoms with Crippen LogP contribution in [0.4, 0.5) is 0 Å². The van der Waals surface area contributed by atoms with Crippen molar-refractivity contribution in [3.8, 4) is 5.75 Å². The molecule has 40 heavy (non-hydrogen) atoms. The Bertz CT molecular complexity index is 896. The molecule has 0 aliphatic heterocycles. The number of benzene rings is 2. The number of esters is 1. The summed E-state index contributed by atoms with van der Waals surface area (Å²) in [5.74, 6) is 0.810. The summed E-state index contributed by atoms with van der Waals surface area (Å²) >= 11 is 0. The Morgan fingerprint density at radius 2 is 1.30 bits per heavy atom. The van der Waals surface area contributed by atoms with Gasteiger partial charge in [0.05, 0.1) is 40.3 Å². The van der Waals surface area contributed by atoms with Gasteiger partial charge in [0.15, 0.2) is 0 Å². The highest BCUT2D eigenvalue weighted by atomic mass is 16.5. The lowest BCUT2D eigenvalue weighted by Crippen LogP contribution is -2.39. The van der Waals surface area contributed by atoms with Crippen LogP contribution in [0.15, 0.2) is 54.6 Å². The lowest BCUT2D eigenvalue weighted by atomic mass is 10.0. The van der Waals surface area contributed by atoms with Gasteiger partial charge in [-0.15, -0.1) is 0 Å². The minimum Gasteiger partial charge on any atom is -0.493 e. The first-order valence-corrected chi connectivity index (χ1v) is 16.2. The molecule has 0 aliphatic carbocycles. The maximum Gasteiger partial charge on any atom is 0.306 e. The van der Waals surface area contributed by atoms with E-state index in [4.69, 9.17) is 9.47 Å². The van der Waals surface area contributed by atoms with E-state index in [0.29, 0.717) is 26.1 Å². The Hall–Kier alpha value is -2.33. The van der Waals surface area contributed by atoms with Crippen molar-refractivity contribution in [1.29, 1.82) is 0 Å². The molecule has 0 N–H and O–H groups in total. The molecular weight excluding hydrogens is 494 g/mol. The summed E-state index contributed by atoms with van der Waals surface area (Å²) in [6.07, 6.45) is 19.7. The molecule has 2 aromatic carbocycles. The summed E-state index contributed by atoms with van der Waals surface area (Å²) in [7, 11) is 4.42. The average molecular weight is 553 g/mol. The van der Waals surface area contributed by atoms with Crippen molar-refractivity contribution in [3.63, 3.8) is 0 Å². The second-order valence-corrected chi connectivity index (χ2v) is 12.1. The summed E-state index contributed by atoms with van der Waals surface area (Å²) < 4.78 is 12.2. The molecule has 0 amide bonds. The molecule has 4 nitrogen and oxygen atoms in total. The van der Waals surface area contributed by atoms with E-state index in [9.17, 15) is 4.79 Å². The number of carbonyl (C=O) groups is 1. The molecule has 2 aromatic rings. The van der Waals surface area contributed by atoms with Crippen LogP contribution in [0.25, 0.3) is 0 Å². The van der Waals surface area contributed by atoms with Crippen molar-refractivity contribution in [2.45, 2.75) is 116 Å². The first-order valence-electron chi connectivity index (χ1n) is 16.2. The largest absolute Gasteiger partial charge is 0.493 e. The zero-order valence-electron chi connectivity index (χ0n) is 26.0. The monoisotopic (exact) mass is 552 g/mol. The van der Waals surface area contributed by atoms with Crippen molar-refractivity contribution in [2.75, 3.05) is 33.9 Å². The normalized spacial score (nSPS) is 11.5. The van der Waals surface area contributed by atoms with Gasteiger partial charge in [-0.1, -0.05) is 120 Å². The highest BCUT2D eigenvalue weighted by Gasteiger charge is 2.16. The lowest BCUT2D eigenvalue weighted by molar-refractivity contribution is -0.903. The van der Waals surface area contributed by atoms with Gasteiger partial charge in [-0.2, -0.15) is 0 Å². The number of hydrogen-bond donors (Lipinski definition) is 0. The number of carbonyl (C=O) groups excluding carboxylic acids is 1. The Balaban J connectivity index is 1.45. The maximum atomic E-state index is 12.2. The molecule has 224 valence electrons. The van der Waals surface area contributed by atoms with Crippen LogP contribution >= 0.6 is 0 Å². The molecule has 0 aromatic heterocycles. The molecule has 0 saturated carbocycles. The smallest absolute Gasteiger partial charge is 0.306 e. The summed E-state index contributed by atoms with van der Waals surface area (Å²) in [4.78, 5) is 12.2. The fraction of sp³-hybridized carbons (Fsp3) is 0.639. The van der Waals surface area contributed by atoms with Gasteiger partial charge in [0.25, 0.3) is 0 Å². The minimum absolute atomic E-state index is 0.107. The standard InChI is InChI=1S/C36H58NO3/c1-4-5-6-7-8-9-10-11-12-13-14-16-22-33-25-19-26-35(31-33)39-29-21-30-40-36(38)27-20-28-37(2,3)32-34-23-17-15-18-24-34/h15,17-19,23-26,31H,4-14,16,20-22,27-30,32H2,1-3H3/q+1. The molecule has 0 bridgehead atoms. The third-order valence-electron chi connectivity index (χ3n) is 7.64. The van der Waals surface area contributed by atoms with Gasteiger partial charge < -0.3 is 14.0 Å². The highest BCUT2D eigenvalue weighted by molar-refractivity contribution is 5.69. The van der Waals surface area contributed by atoms with Crippen molar-refractivity contribution < 1.29 is 18.8 Å². The second kappa shape index (κ2) is 21.4. The predicted molar refractivity (Wildman–Crippen MR) is 169 cm³/mol. The number of ether oxygens (including phenoxy) is 2. The minimum atomic E-state index is -0.107. The van der Waals surface area contributed by atoms with Crippen LogP contribution < -0.4 is 4.74 Å². The maximum absolute atomic E-state index is 12.2. The summed E-state index contributed by atoms with van der Waals surface area (Å²) in [6, 6.07) is 19.0. The highest BCUT2D eigenvalue weighted by Crippen LogP contribution is 2.17. The quantitative estimate of drug-likeness (QED) is 0.0739. The number of rotatable bonds is 24. The molecule has 4 heteroatoms. The molecule has 2 rings (SSSR count). The topological polar surface area (TPSA) is 35.5 Å². The zero-order chi connectivity index (χ0) is 28.7. The number of hydrogen-bond acceptors (Lipinski definition) is 3. The molecule has 0 saturated heterocycles. The molecular formula is C36H58NO3+. The molecule has 0 spiro atoms. The Labute approximate surface area is 246 Å². The van der Waals surface area contributed by atoms with E-state index >= 15 is 0 Å². The number of nitrogens with zero attached hydrogens (tertiary/aromatic N) is 1. The van der Waals surface area contributed by atoms with E-state index in [2.05, 4.69) is 63.5 Å². The SMILES string of the molecule is CCCCCCCCCCCCCCc1cccc(OCCCOC(=O)CCC[N+](C)(C)Cc2ccccc2)c1. The molecule has 0 atom stereocenters. The van der Waals surface area contributed by atoms with Crippen LogP contribution in [0.2, 0.25) is 0 Å². The fourth-order valence-electron chi connectivity index (χ4n) is 5.28. The van der Waals surface area contributed by atoms with E-state index in [1.165, 1.54) is 88.2 Å². The van der Waals surface area contributed by atoms with Gasteiger partial charge in [-0.25, -0.2) is 0 Å². The average Bonchev–Trinajstić information content (AvgIpc) is 2.94. The third-order valence-corrected chi connectivity index (χ3v) is 7.64. The van der Waals surface area contributed by atoms with Gasteiger partial charge in [0.1, 0.15) is 12.3 Å². The second-order valence-electron chi connectivity index (χ2n) is 12.1. The van der Waals surface area contributed by atoms with E-state index in [-0.39, 0.29) is 5.97 Å². The summed E-state index contributed by atoms with van der Waals surface area (Å²) in [5, 5.41) is 0. The summed E-state index contributed by atoms with van der Waals surface area (Å²) in [6.45, 7) is 5.18. The molecule has 0 heterocycles. The van der Waals surface area contributed by atoms with Crippen molar-refractivity contribution in [1.82, 2.24) is 0 Å². The van der Waals surface area contributed by atoms with Crippen molar-refractivity contribution >= 4 is 5.97 Å². The van der Waals surface area contributed by atoms with Gasteiger partial charge in [-0.3, -0.25) is 4.79 Å². The van der Waals surface area contributed by atoms with Gasteiger partial charge in [-0.05, 0) is 30.5 Å². The van der Waals surface area contributed by atoms with Crippen LogP contribution in [-0.4, -0.2) is 44.3 Å². The number of quaternary nitrogens is 1. The van der Waals surface area contributed by atoms with Crippen LogP contribution in [0, 0.1) is 0 Å². The first-order chi connectivity index (χ1) is 19.5. The Kier molecular flexibility index (Phi) is 18.1. The van der Waals surface area contributed by atoms with Gasteiger partial charge in [0.2, 0.25) is 0 Å². The molecule has 0 radical (unpaired) electrons. The summed E-state index contributed by atoms with van der Waals surface area (Å²) in [5.41, 5.74) is 2.68. The van der Waals surface area contributed by atoms with Gasteiger partial charge in [0, 0.05) is 18.4 Å². The van der Waals surface area contributed by atoms with Crippen molar-refractivity contribution in [3.05, 3.63) is 65.7 Å². The zero-order valence-corrected chi connectivity index (χ0v) is 26.0. The van der Waals surface area contributed by atoms with E-state index in [1.54, 1.807) is 0 Å². The number of unbranched alkanes of at least 4 members (excludes halogenated alkanes) is 11. The van der Waals surface area contributed by atoms with Gasteiger partial charge >= 0.3 is 5.97 Å². The van der Waals surface area contributed by atoms with Crippen LogP contribution in [0.5, 0.6) is 5.75 Å². The number of aryl methyl sites for hydroxylation is 1. The molecule has 0 unspecified atom stereocenters. The third kappa shape index (κ3) is 17.4. The van der Waals surface area contributed by atoms with E-state index < -0.39 is 0 Å². The molecule has 0 fully saturated rings. The lowest BCUT2D eigenvalue weighted by Gasteiger charge is -2.29. The van der Waals surface area contributed by atoms with E-state index in [0.717, 1.165) is 36.2 Å². The Morgan fingerprint density at radius 1 is 0.675 bits per heavy atom. The van der Waals surface area contributed by atoms with E-state index in [1.807, 2.05) is 12.1 Å². The predicted octanol–water partition coefficient (Wildman–Crippen LogP) is 9.30. The fourth-order valence-corrected chi connectivity index (χ4v) is 5.28. The van der Waals surface area contributed by atoms with Crippen LogP contribution in [-0.2, 0) is 22.5 Å². The van der Waals surface area contributed by atoms with Crippen molar-refractivity contribution in [2.24, 2.45) is 0 Å². The molecule has 0 aliphatic rings. The van der Waals surface area contributed by atoms with Crippen LogP contribution in [0.1, 0.15) is 114 Å².